The molecule has 5 heteroatoms. The zero-order valence-electron chi connectivity index (χ0n) is 12.7. The number of nitrogens with zero attached hydrogens (tertiary/aromatic N) is 1. The highest BCUT2D eigenvalue weighted by molar-refractivity contribution is 5.82. The molecule has 2 unspecified atom stereocenters. The van der Waals surface area contributed by atoms with E-state index in [0.29, 0.717) is 13.0 Å². The molecule has 2 atom stereocenters. The molecule has 3 N–H and O–H groups in total. The number of carbonyl (C=O) groups is 1. The van der Waals surface area contributed by atoms with E-state index in [2.05, 4.69) is 0 Å². The molecule has 1 aliphatic rings. The van der Waals surface area contributed by atoms with Gasteiger partial charge in [0.1, 0.15) is 5.75 Å². The number of carbonyl (C=O) groups excluding carboxylic acids is 1. The Kier molecular flexibility index (Phi) is 4.85. The van der Waals surface area contributed by atoms with Crippen LogP contribution in [0.4, 0.5) is 0 Å². The van der Waals surface area contributed by atoms with Crippen molar-refractivity contribution in [1.29, 1.82) is 0 Å². The van der Waals surface area contributed by atoms with Crippen molar-refractivity contribution in [3.8, 4) is 5.75 Å². The van der Waals surface area contributed by atoms with Crippen molar-refractivity contribution >= 4 is 5.91 Å². The third kappa shape index (κ3) is 3.95. The van der Waals surface area contributed by atoms with Crippen LogP contribution in [-0.2, 0) is 16.0 Å². The summed E-state index contributed by atoms with van der Waals surface area (Å²) in [7, 11) is 1.68. The van der Waals surface area contributed by atoms with Crippen LogP contribution in [0.3, 0.4) is 0 Å². The zero-order valence-corrected chi connectivity index (χ0v) is 12.7. The van der Waals surface area contributed by atoms with E-state index in [-0.39, 0.29) is 17.3 Å². The fourth-order valence-electron chi connectivity index (χ4n) is 2.77. The molecular formula is C16H24N2O3. The Labute approximate surface area is 125 Å². The third-order valence-electron chi connectivity index (χ3n) is 4.17. The normalized spacial score (nSPS) is 23.9. The van der Waals surface area contributed by atoms with E-state index in [0.717, 1.165) is 24.9 Å². The highest BCUT2D eigenvalue weighted by Crippen LogP contribution is 2.24. The maximum Gasteiger partial charge on any atom is 0.239 e. The van der Waals surface area contributed by atoms with Gasteiger partial charge in [-0.15, -0.1) is 0 Å². The van der Waals surface area contributed by atoms with Crippen LogP contribution < -0.4 is 5.73 Å². The van der Waals surface area contributed by atoms with E-state index in [1.54, 1.807) is 36.3 Å². The van der Waals surface area contributed by atoms with Gasteiger partial charge in [0, 0.05) is 20.2 Å². The maximum atomic E-state index is 12.5. The molecule has 1 saturated heterocycles. The van der Waals surface area contributed by atoms with E-state index < -0.39 is 6.04 Å². The van der Waals surface area contributed by atoms with Crippen molar-refractivity contribution in [2.45, 2.75) is 37.8 Å². The Bertz CT molecular complexity index is 489. The summed E-state index contributed by atoms with van der Waals surface area (Å²) in [5.74, 6) is 0.177. The number of methoxy groups -OCH3 is 1. The lowest BCUT2D eigenvalue weighted by molar-refractivity contribution is -0.140. The Hall–Kier alpha value is -1.59. The lowest BCUT2D eigenvalue weighted by Gasteiger charge is -2.40. The molecule has 1 fully saturated rings. The van der Waals surface area contributed by atoms with Gasteiger partial charge in [-0.05, 0) is 43.9 Å². The molecule has 0 aromatic heterocycles. The SMILES string of the molecule is COC1(C)CCCN(C(=O)C(N)Cc2ccc(O)cc2)C1. The van der Waals surface area contributed by atoms with Crippen LogP contribution in [0, 0.1) is 0 Å². The fraction of sp³-hybridized carbons (Fsp3) is 0.562. The standard InChI is InChI=1S/C16H24N2O3/c1-16(21-2)8-3-9-18(11-16)15(20)14(17)10-12-4-6-13(19)7-5-12/h4-7,14,19H,3,8-11,17H2,1-2H3. The number of aromatic hydroxyl groups is 1. The van der Waals surface area contributed by atoms with Crippen molar-refractivity contribution in [1.82, 2.24) is 4.90 Å². The quantitative estimate of drug-likeness (QED) is 0.877. The van der Waals surface area contributed by atoms with Crippen molar-refractivity contribution in [2.75, 3.05) is 20.2 Å². The van der Waals surface area contributed by atoms with Crippen LogP contribution in [-0.4, -0.2) is 47.8 Å². The molecule has 5 nitrogen and oxygen atoms in total. The maximum absolute atomic E-state index is 12.5. The number of phenols is 1. The molecule has 2 rings (SSSR count). The average molecular weight is 292 g/mol. The summed E-state index contributed by atoms with van der Waals surface area (Å²) in [6, 6.07) is 6.23. The molecule has 1 aromatic carbocycles. The molecule has 0 bridgehead atoms. The highest BCUT2D eigenvalue weighted by atomic mass is 16.5. The number of amides is 1. The molecule has 116 valence electrons. The fourth-order valence-corrected chi connectivity index (χ4v) is 2.77. The van der Waals surface area contributed by atoms with Crippen molar-refractivity contribution < 1.29 is 14.6 Å². The number of phenolic OH excluding ortho intramolecular Hbond substituents is 1. The molecule has 1 aromatic rings. The molecule has 21 heavy (non-hydrogen) atoms. The van der Waals surface area contributed by atoms with Gasteiger partial charge in [-0.3, -0.25) is 4.79 Å². The molecule has 1 amide bonds. The second-order valence-electron chi connectivity index (χ2n) is 5.99. The minimum atomic E-state index is -0.561. The number of hydrogen-bond donors (Lipinski definition) is 2. The molecule has 1 aliphatic heterocycles. The minimum Gasteiger partial charge on any atom is -0.508 e. The van der Waals surface area contributed by atoms with E-state index >= 15 is 0 Å². The summed E-state index contributed by atoms with van der Waals surface area (Å²) in [5.41, 5.74) is 6.73. The summed E-state index contributed by atoms with van der Waals surface area (Å²) < 4.78 is 5.51. The van der Waals surface area contributed by atoms with Crippen molar-refractivity contribution in [3.05, 3.63) is 29.8 Å². The minimum absolute atomic E-state index is 0.0361. The molecule has 1 heterocycles. The lowest BCUT2D eigenvalue weighted by Crippen LogP contribution is -2.54. The lowest BCUT2D eigenvalue weighted by atomic mass is 9.94. The Morgan fingerprint density at radius 1 is 1.48 bits per heavy atom. The largest absolute Gasteiger partial charge is 0.508 e. The van der Waals surface area contributed by atoms with E-state index in [1.807, 2.05) is 6.92 Å². The molecule has 0 saturated carbocycles. The molecule has 0 radical (unpaired) electrons. The highest BCUT2D eigenvalue weighted by Gasteiger charge is 2.34. The summed E-state index contributed by atoms with van der Waals surface area (Å²) in [6.45, 7) is 3.35. The van der Waals surface area contributed by atoms with Gasteiger partial charge in [-0.2, -0.15) is 0 Å². The first-order valence-electron chi connectivity index (χ1n) is 7.31. The molecule has 0 spiro atoms. The van der Waals surface area contributed by atoms with Gasteiger partial charge in [0.05, 0.1) is 11.6 Å². The Morgan fingerprint density at radius 3 is 2.76 bits per heavy atom. The number of nitrogens with two attached hydrogens (primary N) is 1. The number of piperidine rings is 1. The first-order valence-corrected chi connectivity index (χ1v) is 7.31. The van der Waals surface area contributed by atoms with E-state index in [4.69, 9.17) is 10.5 Å². The monoisotopic (exact) mass is 292 g/mol. The summed E-state index contributed by atoms with van der Waals surface area (Å²) in [6.07, 6.45) is 2.36. The van der Waals surface area contributed by atoms with Crippen LogP contribution in [0.2, 0.25) is 0 Å². The summed E-state index contributed by atoms with van der Waals surface area (Å²) >= 11 is 0. The number of likely N-dealkylation sites (tertiary alicyclic amines) is 1. The van der Waals surface area contributed by atoms with Crippen LogP contribution >= 0.6 is 0 Å². The smallest absolute Gasteiger partial charge is 0.239 e. The predicted octanol–water partition coefficient (Wildman–Crippen LogP) is 1.29. The van der Waals surface area contributed by atoms with Crippen molar-refractivity contribution in [2.24, 2.45) is 5.73 Å². The molecule has 0 aliphatic carbocycles. The average Bonchev–Trinajstić information content (AvgIpc) is 2.49. The Morgan fingerprint density at radius 2 is 2.14 bits per heavy atom. The van der Waals surface area contributed by atoms with Gasteiger partial charge in [-0.1, -0.05) is 12.1 Å². The number of ether oxygens (including phenoxy) is 1. The topological polar surface area (TPSA) is 75.8 Å². The van der Waals surface area contributed by atoms with Crippen LogP contribution in [0.1, 0.15) is 25.3 Å². The second kappa shape index (κ2) is 6.45. The van der Waals surface area contributed by atoms with Gasteiger partial charge in [0.15, 0.2) is 0 Å². The predicted molar refractivity (Wildman–Crippen MR) is 81.0 cm³/mol. The van der Waals surface area contributed by atoms with Crippen LogP contribution in [0.15, 0.2) is 24.3 Å². The number of hydrogen-bond acceptors (Lipinski definition) is 4. The van der Waals surface area contributed by atoms with E-state index in [1.165, 1.54) is 0 Å². The second-order valence-corrected chi connectivity index (χ2v) is 5.99. The first kappa shape index (κ1) is 15.8. The van der Waals surface area contributed by atoms with Crippen molar-refractivity contribution in [3.63, 3.8) is 0 Å². The zero-order chi connectivity index (χ0) is 15.5. The van der Waals surface area contributed by atoms with Gasteiger partial charge in [0.25, 0.3) is 0 Å². The van der Waals surface area contributed by atoms with Crippen LogP contribution in [0.25, 0.3) is 0 Å². The number of benzene rings is 1. The first-order chi connectivity index (χ1) is 9.93. The van der Waals surface area contributed by atoms with E-state index in [9.17, 15) is 9.90 Å². The Balaban J connectivity index is 1.97. The van der Waals surface area contributed by atoms with Gasteiger partial charge < -0.3 is 20.5 Å². The number of rotatable bonds is 4. The molecular weight excluding hydrogens is 268 g/mol. The van der Waals surface area contributed by atoms with Gasteiger partial charge in [0.2, 0.25) is 5.91 Å². The third-order valence-corrected chi connectivity index (χ3v) is 4.17. The summed E-state index contributed by atoms with van der Waals surface area (Å²) in [4.78, 5) is 14.3. The van der Waals surface area contributed by atoms with Gasteiger partial charge >= 0.3 is 0 Å². The summed E-state index contributed by atoms with van der Waals surface area (Å²) in [5, 5.41) is 9.27. The van der Waals surface area contributed by atoms with Crippen LogP contribution in [0.5, 0.6) is 5.75 Å². The van der Waals surface area contributed by atoms with Gasteiger partial charge in [-0.25, -0.2) is 0 Å².